The molecule has 0 fully saturated rings. The minimum atomic E-state index is -3.03. The van der Waals surface area contributed by atoms with Crippen LogP contribution < -0.4 is 46.7 Å². The quantitative estimate of drug-likeness (QED) is 0.143. The lowest BCUT2D eigenvalue weighted by atomic mass is 10.1. The highest BCUT2D eigenvalue weighted by Crippen LogP contribution is 2.46. The maximum atomic E-state index is 2.66. The van der Waals surface area contributed by atoms with Crippen molar-refractivity contribution in [1.29, 1.82) is 0 Å². The third-order valence-electron chi connectivity index (χ3n) is 12.3. The van der Waals surface area contributed by atoms with E-state index in [-0.39, 0.29) is 0 Å². The molecule has 0 atom stereocenters. The molecular formula is C45H76Si7. The highest BCUT2D eigenvalue weighted by Gasteiger charge is 2.58. The number of benzene rings is 3. The molecule has 0 amide bonds. The van der Waals surface area contributed by atoms with E-state index in [4.69, 9.17) is 0 Å². The van der Waals surface area contributed by atoms with E-state index < -0.39 is 56.5 Å². The van der Waals surface area contributed by atoms with Crippen LogP contribution in [0.25, 0.3) is 0 Å². The number of allylic oxidation sites excluding steroid dienone is 4. The van der Waals surface area contributed by atoms with Crippen molar-refractivity contribution in [3.8, 4) is 0 Å². The van der Waals surface area contributed by atoms with Gasteiger partial charge in [0.2, 0.25) is 0 Å². The molecule has 4 rings (SSSR count). The molecule has 0 unspecified atom stereocenters. The first-order valence-corrected chi connectivity index (χ1v) is 43.2. The smallest absolute Gasteiger partial charge is 0.0656 e. The van der Waals surface area contributed by atoms with Gasteiger partial charge in [0.05, 0.1) is 48.4 Å². The van der Waals surface area contributed by atoms with Gasteiger partial charge in [-0.2, -0.15) is 0 Å². The third-order valence-corrected chi connectivity index (χ3v) is 31.7. The average Bonchev–Trinajstić information content (AvgIpc) is 3.17. The van der Waals surface area contributed by atoms with E-state index in [0.29, 0.717) is 5.54 Å². The monoisotopic (exact) mass is 812 g/mol. The molecule has 0 saturated heterocycles. The second-order valence-electron chi connectivity index (χ2n) is 22.5. The van der Waals surface area contributed by atoms with Crippen LogP contribution in [-0.4, -0.2) is 56.5 Å². The van der Waals surface area contributed by atoms with Crippen molar-refractivity contribution in [3.05, 3.63) is 76.9 Å². The molecule has 0 aromatic heterocycles. The largest absolute Gasteiger partial charge is 0.158 e. The standard InChI is InChI=1S/C45H76Si7/c1-32-33(2)35(4)42(34(32)3)52(43-36(46(5,6)7)26-23-27-37(43)47(8,9)10,44-38(48(11,12)13)28-24-29-39(44)49(14,15)16)45-40(50(17,18)19)30-25-31-41(45)51(20,21)22/h23-31,42H,1-22H3. The Hall–Kier alpha value is -1.34. The summed E-state index contributed by atoms with van der Waals surface area (Å²) in [7, 11) is -14.3. The van der Waals surface area contributed by atoms with Gasteiger partial charge in [-0.25, -0.2) is 0 Å². The summed E-state index contributed by atoms with van der Waals surface area (Å²) >= 11 is 0. The topological polar surface area (TPSA) is 0 Å². The van der Waals surface area contributed by atoms with Crippen LogP contribution in [-0.2, 0) is 0 Å². The molecular weight excluding hydrogens is 737 g/mol. The molecule has 0 nitrogen and oxygen atoms in total. The first-order chi connectivity index (χ1) is 23.3. The zero-order valence-electron chi connectivity index (χ0n) is 37.8. The van der Waals surface area contributed by atoms with E-state index >= 15 is 0 Å². The van der Waals surface area contributed by atoms with Crippen molar-refractivity contribution in [2.75, 3.05) is 0 Å². The van der Waals surface area contributed by atoms with Crippen LogP contribution >= 0.6 is 0 Å². The zero-order valence-corrected chi connectivity index (χ0v) is 44.8. The molecule has 284 valence electrons. The fourth-order valence-corrected chi connectivity index (χ4v) is 35.4. The maximum Gasteiger partial charge on any atom is 0.158 e. The summed E-state index contributed by atoms with van der Waals surface area (Å²) in [5, 5.41) is 16.1. The number of rotatable bonds is 10. The molecule has 52 heavy (non-hydrogen) atoms. The van der Waals surface area contributed by atoms with Crippen molar-refractivity contribution in [2.45, 2.75) is 151 Å². The second-order valence-corrected chi connectivity index (χ2v) is 56.5. The normalized spacial score (nSPS) is 16.0. The van der Waals surface area contributed by atoms with Gasteiger partial charge in [-0.3, -0.25) is 0 Å². The average molecular weight is 814 g/mol. The van der Waals surface area contributed by atoms with Crippen LogP contribution in [0.15, 0.2) is 76.9 Å². The molecule has 3 aromatic rings. The molecule has 0 bridgehead atoms. The van der Waals surface area contributed by atoms with Gasteiger partial charge < -0.3 is 0 Å². The molecule has 0 aliphatic heterocycles. The van der Waals surface area contributed by atoms with Gasteiger partial charge in [0.25, 0.3) is 0 Å². The highest BCUT2D eigenvalue weighted by atomic mass is 28.3. The highest BCUT2D eigenvalue weighted by molar-refractivity contribution is 7.25. The van der Waals surface area contributed by atoms with Crippen molar-refractivity contribution >= 4 is 103 Å². The van der Waals surface area contributed by atoms with Gasteiger partial charge in [0.15, 0.2) is 8.07 Å². The van der Waals surface area contributed by atoms with Gasteiger partial charge in [-0.05, 0) is 38.8 Å². The molecule has 7 heteroatoms. The second kappa shape index (κ2) is 14.0. The zero-order chi connectivity index (χ0) is 39.9. The van der Waals surface area contributed by atoms with Crippen molar-refractivity contribution < 1.29 is 0 Å². The minimum Gasteiger partial charge on any atom is -0.0656 e. The Morgan fingerprint density at radius 1 is 0.308 bits per heavy atom. The summed E-state index contributed by atoms with van der Waals surface area (Å²) in [6.07, 6.45) is 0. The lowest BCUT2D eigenvalue weighted by molar-refractivity contribution is 1.09. The molecule has 0 heterocycles. The fourth-order valence-electron chi connectivity index (χ4n) is 9.49. The molecule has 1 aliphatic carbocycles. The SMILES string of the molecule is CC1=C(C)C([Si](c2c([Si](C)(C)C)cccc2[Si](C)(C)C)(c2c([Si](C)(C)C)cccc2[Si](C)(C)C)c2c([Si](C)(C)C)cccc2[Si](C)(C)C)C(C)=C1C. The first kappa shape index (κ1) is 43.4. The van der Waals surface area contributed by atoms with E-state index in [1.807, 2.05) is 15.6 Å². The molecule has 1 aliphatic rings. The van der Waals surface area contributed by atoms with Crippen molar-refractivity contribution in [2.24, 2.45) is 0 Å². The molecule has 0 radical (unpaired) electrons. The Balaban J connectivity index is 2.78. The van der Waals surface area contributed by atoms with E-state index in [1.54, 1.807) is 53.4 Å². The first-order valence-electron chi connectivity index (χ1n) is 20.1. The number of hydrogen-bond donors (Lipinski definition) is 0. The van der Waals surface area contributed by atoms with Crippen LogP contribution in [0.5, 0.6) is 0 Å². The maximum absolute atomic E-state index is 3.03. The Kier molecular flexibility index (Phi) is 11.7. The van der Waals surface area contributed by atoms with E-state index in [9.17, 15) is 0 Å². The van der Waals surface area contributed by atoms with Crippen molar-refractivity contribution in [3.63, 3.8) is 0 Å². The lowest BCUT2D eigenvalue weighted by Crippen LogP contribution is -2.90. The molecule has 3 aromatic carbocycles. The van der Waals surface area contributed by atoms with Crippen LogP contribution in [0.1, 0.15) is 27.7 Å². The summed E-state index contributed by atoms with van der Waals surface area (Å²) in [6, 6.07) is 23.3. The van der Waals surface area contributed by atoms with Crippen LogP contribution in [0, 0.1) is 0 Å². The van der Waals surface area contributed by atoms with E-state index in [0.717, 1.165) is 0 Å². The van der Waals surface area contributed by atoms with Gasteiger partial charge in [0.1, 0.15) is 0 Å². The summed E-state index contributed by atoms with van der Waals surface area (Å²) in [6.45, 7) is 57.9. The molecule has 0 saturated carbocycles. The van der Waals surface area contributed by atoms with Gasteiger partial charge in [-0.15, -0.1) is 0 Å². The van der Waals surface area contributed by atoms with E-state index in [1.165, 1.54) is 0 Å². The summed E-state index contributed by atoms with van der Waals surface area (Å²) in [5.74, 6) is 0. The van der Waals surface area contributed by atoms with E-state index in [2.05, 4.69) is 200 Å². The Labute approximate surface area is 329 Å². The Morgan fingerprint density at radius 3 is 0.635 bits per heavy atom. The fraction of sp³-hybridized carbons (Fsp3) is 0.511. The molecule has 0 spiro atoms. The van der Waals surface area contributed by atoms with Crippen LogP contribution in [0.4, 0.5) is 0 Å². The predicted molar refractivity (Wildman–Crippen MR) is 262 cm³/mol. The van der Waals surface area contributed by atoms with Gasteiger partial charge in [-0.1, -0.05) is 230 Å². The summed E-state index contributed by atoms with van der Waals surface area (Å²) in [5.41, 5.74) is 6.82. The summed E-state index contributed by atoms with van der Waals surface area (Å²) in [4.78, 5) is 0. The van der Waals surface area contributed by atoms with Crippen LogP contribution in [0.2, 0.25) is 123 Å². The van der Waals surface area contributed by atoms with Crippen LogP contribution in [0.3, 0.4) is 0 Å². The Bertz CT molecular complexity index is 1620. The summed E-state index contributed by atoms with van der Waals surface area (Å²) < 4.78 is 0. The lowest BCUT2D eigenvalue weighted by Gasteiger charge is -2.52. The van der Waals surface area contributed by atoms with Crippen molar-refractivity contribution in [1.82, 2.24) is 0 Å². The van der Waals surface area contributed by atoms with Gasteiger partial charge in [0, 0.05) is 5.54 Å². The van der Waals surface area contributed by atoms with Gasteiger partial charge >= 0.3 is 0 Å². The third kappa shape index (κ3) is 7.59. The minimum absolute atomic E-state index is 0.389. The Morgan fingerprint density at radius 2 is 0.481 bits per heavy atom. The predicted octanol–water partition coefficient (Wildman–Crippen LogP) is 8.48. The number of hydrogen-bond acceptors (Lipinski definition) is 0. The molecule has 0 N–H and O–H groups in total.